The normalized spacial score (nSPS) is 16.5. The Morgan fingerprint density at radius 3 is 2.23 bits per heavy atom. The predicted octanol–water partition coefficient (Wildman–Crippen LogP) is 2.49. The van der Waals surface area contributed by atoms with Crippen LogP contribution in [0, 0.1) is 6.92 Å². The molecule has 1 aromatic carbocycles. The van der Waals surface area contributed by atoms with E-state index in [0.717, 1.165) is 38.3 Å². The van der Waals surface area contributed by atoms with Gasteiger partial charge in [0.1, 0.15) is 0 Å². The van der Waals surface area contributed by atoms with Crippen LogP contribution >= 0.6 is 0 Å². The summed E-state index contributed by atoms with van der Waals surface area (Å²) >= 11 is 0. The van der Waals surface area contributed by atoms with E-state index in [9.17, 15) is 9.59 Å². The summed E-state index contributed by atoms with van der Waals surface area (Å²) in [4.78, 5) is 29.2. The number of Topliss-reactive ketones (excluding diaryl/α,β-unsaturated/α-hetero) is 1. The summed E-state index contributed by atoms with van der Waals surface area (Å²) in [6.07, 6.45) is 0.497. The number of carbonyl (C=O) groups is 2. The van der Waals surface area contributed by atoms with Crippen molar-refractivity contribution in [3.05, 3.63) is 35.4 Å². The number of nitrogens with zero attached hydrogens (tertiary/aromatic N) is 2. The third-order valence-corrected chi connectivity index (χ3v) is 5.35. The summed E-state index contributed by atoms with van der Waals surface area (Å²) < 4.78 is 0. The summed E-state index contributed by atoms with van der Waals surface area (Å²) in [6.45, 7) is 14.5. The molecule has 0 atom stereocenters. The Balaban J connectivity index is 1.73. The van der Waals surface area contributed by atoms with E-state index in [-0.39, 0.29) is 30.1 Å². The van der Waals surface area contributed by atoms with Crippen molar-refractivity contribution in [2.75, 3.05) is 39.3 Å². The molecule has 0 unspecified atom stereocenters. The molecular weight excluding hydrogens is 326 g/mol. The van der Waals surface area contributed by atoms with Gasteiger partial charge in [0, 0.05) is 56.7 Å². The van der Waals surface area contributed by atoms with Gasteiger partial charge in [0.05, 0.1) is 0 Å². The van der Waals surface area contributed by atoms with Crippen LogP contribution in [-0.4, -0.2) is 66.3 Å². The van der Waals surface area contributed by atoms with Gasteiger partial charge in [-0.1, -0.05) is 36.8 Å². The Morgan fingerprint density at radius 2 is 1.65 bits per heavy atom. The van der Waals surface area contributed by atoms with Gasteiger partial charge in [-0.3, -0.25) is 14.5 Å². The molecule has 0 bridgehead atoms. The number of likely N-dealkylation sites (N-methyl/N-ethyl adjacent to an activating group) is 1. The molecule has 0 spiro atoms. The van der Waals surface area contributed by atoms with Gasteiger partial charge in [-0.25, -0.2) is 0 Å². The summed E-state index contributed by atoms with van der Waals surface area (Å²) in [7, 11) is 0. The van der Waals surface area contributed by atoms with Crippen molar-refractivity contribution in [3.8, 4) is 0 Å². The smallest absolute Gasteiger partial charge is 0.220 e. The van der Waals surface area contributed by atoms with E-state index in [1.165, 1.54) is 0 Å². The minimum atomic E-state index is -0.0730. The number of ketones is 1. The number of benzene rings is 1. The molecule has 1 aromatic rings. The van der Waals surface area contributed by atoms with Gasteiger partial charge in [0.25, 0.3) is 0 Å². The molecule has 1 heterocycles. The summed E-state index contributed by atoms with van der Waals surface area (Å²) in [5.74, 6) is -0.0270. The zero-order valence-corrected chi connectivity index (χ0v) is 16.7. The van der Waals surface area contributed by atoms with Crippen LogP contribution in [0.1, 0.15) is 49.5 Å². The van der Waals surface area contributed by atoms with E-state index in [2.05, 4.69) is 35.9 Å². The van der Waals surface area contributed by atoms with E-state index in [1.54, 1.807) is 0 Å². The fourth-order valence-electron chi connectivity index (χ4n) is 3.30. The lowest BCUT2D eigenvalue weighted by atomic mass is 10.0. The predicted molar refractivity (Wildman–Crippen MR) is 106 cm³/mol. The standard InChI is InChI=1S/C21H33N3O2/c1-5-23-12-14-24(15-13-23)21(3,4)16-22-20(26)11-10-19(25)18-8-6-17(2)7-9-18/h6-9H,5,10-16H2,1-4H3,(H,22,26). The summed E-state index contributed by atoms with van der Waals surface area (Å²) in [5, 5.41) is 3.01. The van der Waals surface area contributed by atoms with E-state index < -0.39 is 0 Å². The molecule has 0 saturated carbocycles. The fraction of sp³-hybridized carbons (Fsp3) is 0.619. The average Bonchev–Trinajstić information content (AvgIpc) is 2.65. The Hall–Kier alpha value is -1.72. The monoisotopic (exact) mass is 359 g/mol. The SMILES string of the molecule is CCN1CCN(C(C)(C)CNC(=O)CCC(=O)c2ccc(C)cc2)CC1. The largest absolute Gasteiger partial charge is 0.354 e. The number of rotatable bonds is 8. The molecule has 0 aromatic heterocycles. The van der Waals surface area contributed by atoms with Crippen LogP contribution in [-0.2, 0) is 4.79 Å². The van der Waals surface area contributed by atoms with Crippen molar-refractivity contribution in [2.45, 2.75) is 46.1 Å². The first-order chi connectivity index (χ1) is 12.3. The molecule has 1 fully saturated rings. The first-order valence-electron chi connectivity index (χ1n) is 9.66. The molecule has 1 N–H and O–H groups in total. The van der Waals surface area contributed by atoms with Gasteiger partial charge in [-0.05, 0) is 27.3 Å². The topological polar surface area (TPSA) is 52.6 Å². The molecule has 1 saturated heterocycles. The minimum Gasteiger partial charge on any atom is -0.354 e. The van der Waals surface area contributed by atoms with Gasteiger partial charge in [-0.15, -0.1) is 0 Å². The van der Waals surface area contributed by atoms with E-state index >= 15 is 0 Å². The van der Waals surface area contributed by atoms with Crippen LogP contribution in [0.4, 0.5) is 0 Å². The van der Waals surface area contributed by atoms with Crippen molar-refractivity contribution in [1.29, 1.82) is 0 Å². The second kappa shape index (κ2) is 9.28. The molecule has 1 aliphatic rings. The molecule has 26 heavy (non-hydrogen) atoms. The molecule has 0 radical (unpaired) electrons. The number of hydrogen-bond acceptors (Lipinski definition) is 4. The van der Waals surface area contributed by atoms with Crippen LogP contribution in [0.3, 0.4) is 0 Å². The lowest BCUT2D eigenvalue weighted by Crippen LogP contribution is -2.58. The van der Waals surface area contributed by atoms with Gasteiger partial charge >= 0.3 is 0 Å². The number of hydrogen-bond donors (Lipinski definition) is 1. The highest BCUT2D eigenvalue weighted by atomic mass is 16.2. The lowest BCUT2D eigenvalue weighted by molar-refractivity contribution is -0.121. The Labute approximate surface area is 157 Å². The molecule has 5 heteroatoms. The van der Waals surface area contributed by atoms with Crippen molar-refractivity contribution >= 4 is 11.7 Å². The lowest BCUT2D eigenvalue weighted by Gasteiger charge is -2.44. The highest BCUT2D eigenvalue weighted by molar-refractivity contribution is 5.97. The number of nitrogens with one attached hydrogen (secondary N) is 1. The third kappa shape index (κ3) is 5.92. The van der Waals surface area contributed by atoms with Gasteiger partial charge < -0.3 is 10.2 Å². The van der Waals surface area contributed by atoms with E-state index in [4.69, 9.17) is 0 Å². The summed E-state index contributed by atoms with van der Waals surface area (Å²) in [6, 6.07) is 7.51. The van der Waals surface area contributed by atoms with Crippen LogP contribution in [0.5, 0.6) is 0 Å². The molecule has 1 aliphatic heterocycles. The van der Waals surface area contributed by atoms with Crippen LogP contribution in [0.2, 0.25) is 0 Å². The minimum absolute atomic E-state index is 0.0232. The number of carbonyl (C=O) groups excluding carboxylic acids is 2. The average molecular weight is 360 g/mol. The van der Waals surface area contributed by atoms with Crippen molar-refractivity contribution < 1.29 is 9.59 Å². The molecule has 144 valence electrons. The Morgan fingerprint density at radius 1 is 1.04 bits per heavy atom. The zero-order valence-electron chi connectivity index (χ0n) is 16.7. The van der Waals surface area contributed by atoms with Crippen molar-refractivity contribution in [3.63, 3.8) is 0 Å². The van der Waals surface area contributed by atoms with Crippen LogP contribution < -0.4 is 5.32 Å². The molecular formula is C21H33N3O2. The quantitative estimate of drug-likeness (QED) is 0.725. The first-order valence-corrected chi connectivity index (χ1v) is 9.66. The summed E-state index contributed by atoms with van der Waals surface area (Å²) in [5.41, 5.74) is 1.73. The highest BCUT2D eigenvalue weighted by Gasteiger charge is 2.29. The Bertz CT molecular complexity index is 602. The van der Waals surface area contributed by atoms with E-state index in [1.807, 2.05) is 31.2 Å². The maximum atomic E-state index is 12.2. The van der Waals surface area contributed by atoms with Crippen LogP contribution in [0.15, 0.2) is 24.3 Å². The highest BCUT2D eigenvalue weighted by Crippen LogP contribution is 2.16. The fourth-order valence-corrected chi connectivity index (χ4v) is 3.30. The maximum Gasteiger partial charge on any atom is 0.220 e. The van der Waals surface area contributed by atoms with Crippen molar-refractivity contribution in [1.82, 2.24) is 15.1 Å². The van der Waals surface area contributed by atoms with Gasteiger partial charge in [0.15, 0.2) is 5.78 Å². The Kier molecular flexibility index (Phi) is 7.35. The molecule has 0 aliphatic carbocycles. The number of amides is 1. The number of piperazine rings is 1. The second-order valence-corrected chi connectivity index (χ2v) is 7.80. The van der Waals surface area contributed by atoms with Gasteiger partial charge in [0.2, 0.25) is 5.91 Å². The van der Waals surface area contributed by atoms with Crippen LogP contribution in [0.25, 0.3) is 0 Å². The molecule has 1 amide bonds. The number of aryl methyl sites for hydroxylation is 1. The first kappa shape index (κ1) is 20.6. The maximum absolute atomic E-state index is 12.2. The van der Waals surface area contributed by atoms with Crippen molar-refractivity contribution in [2.24, 2.45) is 0 Å². The third-order valence-electron chi connectivity index (χ3n) is 5.35. The van der Waals surface area contributed by atoms with E-state index in [0.29, 0.717) is 12.1 Å². The molecule has 5 nitrogen and oxygen atoms in total. The zero-order chi connectivity index (χ0) is 19.2. The second-order valence-electron chi connectivity index (χ2n) is 7.80. The molecule has 2 rings (SSSR count). The van der Waals surface area contributed by atoms with Gasteiger partial charge in [-0.2, -0.15) is 0 Å².